The molecule has 1 saturated heterocycles. The zero-order chi connectivity index (χ0) is 15.9. The van der Waals surface area contributed by atoms with Gasteiger partial charge in [0.25, 0.3) is 0 Å². The van der Waals surface area contributed by atoms with E-state index in [1.807, 2.05) is 11.0 Å². The summed E-state index contributed by atoms with van der Waals surface area (Å²) in [5, 5.41) is 6.41. The van der Waals surface area contributed by atoms with Crippen molar-refractivity contribution in [1.82, 2.24) is 15.5 Å². The van der Waals surface area contributed by atoms with Crippen molar-refractivity contribution in [3.05, 3.63) is 30.3 Å². The quantitative estimate of drug-likeness (QED) is 0.857. The largest absolute Gasteiger partial charge is 0.368 e. The molecule has 0 atom stereocenters. The molecule has 0 aliphatic carbocycles. The number of hydrogen-bond acceptors (Lipinski definition) is 5. The highest BCUT2D eigenvalue weighted by atomic mass is 16.2. The first-order valence-corrected chi connectivity index (χ1v) is 8.43. The molecule has 124 valence electrons. The van der Waals surface area contributed by atoms with Crippen molar-refractivity contribution in [2.75, 3.05) is 50.7 Å². The van der Waals surface area contributed by atoms with E-state index in [2.05, 4.69) is 44.8 Å². The third-order valence-electron chi connectivity index (χ3n) is 4.28. The molecule has 0 saturated carbocycles. The average molecular weight is 315 g/mol. The maximum atomic E-state index is 12.3. The van der Waals surface area contributed by atoms with Crippen molar-refractivity contribution >= 4 is 17.6 Å². The van der Waals surface area contributed by atoms with Gasteiger partial charge in [-0.15, -0.1) is 0 Å². The molecule has 3 rings (SSSR count). The summed E-state index contributed by atoms with van der Waals surface area (Å²) in [5.74, 6) is 1.06. The molecule has 1 aromatic rings. The normalized spacial score (nSPS) is 18.2. The molecule has 0 spiro atoms. The van der Waals surface area contributed by atoms with Crippen LogP contribution in [0.5, 0.6) is 0 Å². The molecule has 2 N–H and O–H groups in total. The summed E-state index contributed by atoms with van der Waals surface area (Å²) < 4.78 is 0. The smallest absolute Gasteiger partial charge is 0.224 e. The van der Waals surface area contributed by atoms with Gasteiger partial charge >= 0.3 is 0 Å². The average Bonchev–Trinajstić information content (AvgIpc) is 2.63. The van der Waals surface area contributed by atoms with Gasteiger partial charge in [-0.1, -0.05) is 18.2 Å². The standard InChI is InChI=1S/C17H25N5O/c23-16(7-10-20-17-18-8-4-9-19-17)22-13-11-21(12-14-22)15-5-2-1-3-6-15/h1-3,5-6H,4,7-14H2,(H2,18,19,20). The third kappa shape index (κ3) is 4.37. The topological polar surface area (TPSA) is 60.0 Å². The number of para-hydroxylation sites is 1. The van der Waals surface area contributed by atoms with E-state index < -0.39 is 0 Å². The number of carbonyl (C=O) groups is 1. The fraction of sp³-hybridized carbons (Fsp3) is 0.529. The lowest BCUT2D eigenvalue weighted by molar-refractivity contribution is -0.131. The Balaban J connectivity index is 1.39. The molecule has 0 unspecified atom stereocenters. The molecule has 1 amide bonds. The van der Waals surface area contributed by atoms with Gasteiger partial charge < -0.3 is 20.4 Å². The van der Waals surface area contributed by atoms with Gasteiger partial charge in [-0.05, 0) is 18.6 Å². The van der Waals surface area contributed by atoms with Crippen molar-refractivity contribution in [2.45, 2.75) is 12.8 Å². The molecule has 0 aromatic heterocycles. The van der Waals surface area contributed by atoms with Crippen LogP contribution < -0.4 is 15.5 Å². The van der Waals surface area contributed by atoms with Crippen molar-refractivity contribution in [1.29, 1.82) is 0 Å². The van der Waals surface area contributed by atoms with Crippen LogP contribution in [0.15, 0.2) is 35.3 Å². The van der Waals surface area contributed by atoms with E-state index in [9.17, 15) is 4.79 Å². The number of benzene rings is 1. The molecule has 1 aromatic carbocycles. The predicted molar refractivity (Wildman–Crippen MR) is 92.8 cm³/mol. The number of rotatable bonds is 4. The van der Waals surface area contributed by atoms with Crippen LogP contribution in [0.3, 0.4) is 0 Å². The van der Waals surface area contributed by atoms with Crippen LogP contribution in [-0.2, 0) is 4.79 Å². The number of aliphatic imine (C=N–C) groups is 1. The van der Waals surface area contributed by atoms with Crippen LogP contribution in [0.25, 0.3) is 0 Å². The first-order chi connectivity index (χ1) is 11.3. The predicted octanol–water partition coefficient (Wildman–Crippen LogP) is 0.664. The number of guanidine groups is 1. The molecule has 2 aliphatic rings. The molecule has 6 nitrogen and oxygen atoms in total. The first kappa shape index (κ1) is 15.6. The zero-order valence-corrected chi connectivity index (χ0v) is 13.5. The first-order valence-electron chi connectivity index (χ1n) is 8.43. The summed E-state index contributed by atoms with van der Waals surface area (Å²) in [7, 11) is 0. The summed E-state index contributed by atoms with van der Waals surface area (Å²) in [6.07, 6.45) is 1.60. The highest BCUT2D eigenvalue weighted by Crippen LogP contribution is 2.15. The Morgan fingerprint density at radius 1 is 1.17 bits per heavy atom. The van der Waals surface area contributed by atoms with Crippen LogP contribution in [0.1, 0.15) is 12.8 Å². The number of carbonyl (C=O) groups excluding carboxylic acids is 1. The second kappa shape index (κ2) is 7.85. The lowest BCUT2D eigenvalue weighted by Crippen LogP contribution is -2.49. The molecule has 2 heterocycles. The van der Waals surface area contributed by atoms with E-state index in [0.29, 0.717) is 13.0 Å². The van der Waals surface area contributed by atoms with E-state index in [0.717, 1.165) is 51.6 Å². The Labute approximate surface area is 137 Å². The molecule has 1 fully saturated rings. The van der Waals surface area contributed by atoms with Gasteiger partial charge in [0.05, 0.1) is 0 Å². The molecular formula is C17H25N5O. The van der Waals surface area contributed by atoms with Crippen molar-refractivity contribution < 1.29 is 4.79 Å². The molecule has 6 heteroatoms. The van der Waals surface area contributed by atoms with Crippen LogP contribution in [0.4, 0.5) is 5.69 Å². The number of piperazine rings is 1. The summed E-state index contributed by atoms with van der Waals surface area (Å²) >= 11 is 0. The van der Waals surface area contributed by atoms with E-state index in [1.165, 1.54) is 5.69 Å². The van der Waals surface area contributed by atoms with E-state index in [1.54, 1.807) is 0 Å². The summed E-state index contributed by atoms with van der Waals surface area (Å²) in [5.41, 5.74) is 1.24. The second-order valence-electron chi connectivity index (χ2n) is 5.89. The highest BCUT2D eigenvalue weighted by Gasteiger charge is 2.20. The summed E-state index contributed by atoms with van der Waals surface area (Å²) in [6, 6.07) is 10.4. The highest BCUT2D eigenvalue weighted by molar-refractivity contribution is 5.81. The Kier molecular flexibility index (Phi) is 5.34. The van der Waals surface area contributed by atoms with Crippen molar-refractivity contribution in [3.63, 3.8) is 0 Å². The van der Waals surface area contributed by atoms with Gasteiger partial charge in [0.2, 0.25) is 5.91 Å². The summed E-state index contributed by atoms with van der Waals surface area (Å²) in [4.78, 5) is 20.9. The minimum Gasteiger partial charge on any atom is -0.368 e. The number of nitrogens with one attached hydrogen (secondary N) is 2. The maximum absolute atomic E-state index is 12.3. The van der Waals surface area contributed by atoms with E-state index in [4.69, 9.17) is 0 Å². The van der Waals surface area contributed by atoms with Gasteiger partial charge in [0.1, 0.15) is 0 Å². The monoisotopic (exact) mass is 315 g/mol. The Hall–Kier alpha value is -2.24. The van der Waals surface area contributed by atoms with Gasteiger partial charge in [-0.3, -0.25) is 9.79 Å². The van der Waals surface area contributed by atoms with Crippen molar-refractivity contribution in [3.8, 4) is 0 Å². The minimum absolute atomic E-state index is 0.224. The third-order valence-corrected chi connectivity index (χ3v) is 4.28. The molecule has 0 bridgehead atoms. The number of amides is 1. The lowest BCUT2D eigenvalue weighted by Gasteiger charge is -2.36. The van der Waals surface area contributed by atoms with Crippen molar-refractivity contribution in [2.24, 2.45) is 4.99 Å². The summed E-state index contributed by atoms with van der Waals surface area (Å²) in [6.45, 7) is 5.87. The number of nitrogens with zero attached hydrogens (tertiary/aromatic N) is 3. The van der Waals surface area contributed by atoms with Crippen LogP contribution in [-0.4, -0.2) is 62.6 Å². The van der Waals surface area contributed by atoms with Gasteiger partial charge in [-0.25, -0.2) is 0 Å². The van der Waals surface area contributed by atoms with Gasteiger partial charge in [-0.2, -0.15) is 0 Å². The number of hydrogen-bond donors (Lipinski definition) is 2. The van der Waals surface area contributed by atoms with Crippen LogP contribution in [0.2, 0.25) is 0 Å². The number of anilines is 1. The molecular weight excluding hydrogens is 290 g/mol. The van der Waals surface area contributed by atoms with Crippen LogP contribution in [0, 0.1) is 0 Å². The van der Waals surface area contributed by atoms with E-state index >= 15 is 0 Å². The second-order valence-corrected chi connectivity index (χ2v) is 5.89. The lowest BCUT2D eigenvalue weighted by atomic mass is 10.2. The Bertz CT molecular complexity index is 537. The SMILES string of the molecule is O=C(CCNC1=NCCCN1)N1CCN(c2ccccc2)CC1. The van der Waals surface area contributed by atoms with Crippen LogP contribution >= 0.6 is 0 Å². The zero-order valence-electron chi connectivity index (χ0n) is 13.5. The fourth-order valence-corrected chi connectivity index (χ4v) is 2.95. The Morgan fingerprint density at radius 2 is 1.96 bits per heavy atom. The molecule has 23 heavy (non-hydrogen) atoms. The molecule has 0 radical (unpaired) electrons. The fourth-order valence-electron chi connectivity index (χ4n) is 2.95. The van der Waals surface area contributed by atoms with Gasteiger partial charge in [0, 0.05) is 57.9 Å². The maximum Gasteiger partial charge on any atom is 0.224 e. The van der Waals surface area contributed by atoms with Gasteiger partial charge in [0.15, 0.2) is 5.96 Å². The molecule has 2 aliphatic heterocycles. The van der Waals surface area contributed by atoms with E-state index in [-0.39, 0.29) is 5.91 Å². The Morgan fingerprint density at radius 3 is 2.65 bits per heavy atom. The minimum atomic E-state index is 0.224.